The quantitative estimate of drug-likeness (QED) is 0.285. The average molecular weight is 567 g/mol. The number of rotatable bonds is 2. The van der Waals surface area contributed by atoms with Crippen molar-refractivity contribution in [2.45, 2.75) is 0 Å². The summed E-state index contributed by atoms with van der Waals surface area (Å²) in [4.78, 5) is 9.71. The van der Waals surface area contributed by atoms with E-state index in [0.29, 0.717) is 22.0 Å². The van der Waals surface area contributed by atoms with Gasteiger partial charge in [-0.15, -0.1) is 0 Å². The van der Waals surface area contributed by atoms with Crippen molar-refractivity contribution in [1.29, 1.82) is 0 Å². The van der Waals surface area contributed by atoms with Crippen LogP contribution in [0, 0.1) is 0 Å². The Morgan fingerprint density at radius 1 is 0.550 bits per heavy atom. The molecule has 0 spiro atoms. The molecule has 0 bridgehead atoms. The lowest BCUT2D eigenvalue weighted by atomic mass is 10.0. The molecule has 0 atom stereocenters. The van der Waals surface area contributed by atoms with Gasteiger partial charge in [-0.25, -0.2) is 20.0 Å². The highest BCUT2D eigenvalue weighted by Gasteiger charge is 2.23. The third-order valence-electron chi connectivity index (χ3n) is 6.37. The van der Waals surface area contributed by atoms with E-state index in [1.54, 1.807) is 10.0 Å². The largest absolute Gasteiger partial charge is 0.266 e. The van der Waals surface area contributed by atoms with Crippen molar-refractivity contribution in [3.8, 4) is 0 Å². The number of nitrogens with zero attached hydrogens (tertiary/aromatic N) is 6. The third kappa shape index (κ3) is 5.14. The van der Waals surface area contributed by atoms with E-state index >= 15 is 0 Å². The van der Waals surface area contributed by atoms with Crippen LogP contribution in [0.15, 0.2) is 117 Å². The molecular formula is C30H24Cl2N8. The fourth-order valence-corrected chi connectivity index (χ4v) is 4.76. The van der Waals surface area contributed by atoms with E-state index in [1.165, 1.54) is 0 Å². The van der Waals surface area contributed by atoms with Gasteiger partial charge in [0.15, 0.2) is 0 Å². The third-order valence-corrected chi connectivity index (χ3v) is 6.84. The first kappa shape index (κ1) is 25.6. The van der Waals surface area contributed by atoms with E-state index in [0.717, 1.165) is 45.1 Å². The molecule has 0 aliphatic carbocycles. The lowest BCUT2D eigenvalue weighted by Crippen LogP contribution is -2.50. The number of hydrogen-bond donors (Lipinski definition) is 2. The molecule has 0 radical (unpaired) electrons. The number of guanidine groups is 2. The van der Waals surface area contributed by atoms with Crippen LogP contribution < -0.4 is 10.9 Å². The Labute approximate surface area is 241 Å². The van der Waals surface area contributed by atoms with Gasteiger partial charge in [-0.3, -0.25) is 10.9 Å². The molecule has 2 aliphatic heterocycles. The van der Waals surface area contributed by atoms with E-state index in [2.05, 4.69) is 10.9 Å². The monoisotopic (exact) mass is 566 g/mol. The summed E-state index contributed by atoms with van der Waals surface area (Å²) in [6.45, 7) is 0. The summed E-state index contributed by atoms with van der Waals surface area (Å²) in [6, 6.07) is 31.0. The van der Waals surface area contributed by atoms with Crippen molar-refractivity contribution in [3.05, 3.63) is 129 Å². The Balaban J connectivity index is 1.35. The van der Waals surface area contributed by atoms with Gasteiger partial charge in [0.1, 0.15) is 11.4 Å². The van der Waals surface area contributed by atoms with Crippen LogP contribution in [0.1, 0.15) is 22.3 Å². The molecule has 4 aromatic carbocycles. The summed E-state index contributed by atoms with van der Waals surface area (Å²) < 4.78 is 0. The van der Waals surface area contributed by atoms with E-state index in [1.807, 2.05) is 111 Å². The second-order valence-electron chi connectivity index (χ2n) is 9.12. The molecular weight excluding hydrogens is 543 g/mol. The molecule has 198 valence electrons. The maximum atomic E-state index is 6.37. The fraction of sp³-hybridized carbons (Fsp3) is 0.0667. The van der Waals surface area contributed by atoms with Crippen molar-refractivity contribution < 1.29 is 0 Å². The Kier molecular flexibility index (Phi) is 6.94. The predicted octanol–water partition coefficient (Wildman–Crippen LogP) is 6.16. The summed E-state index contributed by atoms with van der Waals surface area (Å²) in [5.74, 6) is 0.914. The van der Waals surface area contributed by atoms with E-state index in [4.69, 9.17) is 43.4 Å². The smallest absolute Gasteiger partial charge is 0.238 e. The van der Waals surface area contributed by atoms with Crippen molar-refractivity contribution in [3.63, 3.8) is 0 Å². The highest BCUT2D eigenvalue weighted by atomic mass is 35.5. The first-order valence-corrected chi connectivity index (χ1v) is 13.3. The average Bonchev–Trinajstić information content (AvgIpc) is 3.20. The van der Waals surface area contributed by atoms with Gasteiger partial charge < -0.3 is 0 Å². The van der Waals surface area contributed by atoms with Gasteiger partial charge >= 0.3 is 0 Å². The van der Waals surface area contributed by atoms with E-state index < -0.39 is 0 Å². The maximum absolute atomic E-state index is 6.37. The fourth-order valence-electron chi connectivity index (χ4n) is 4.41. The lowest BCUT2D eigenvalue weighted by molar-refractivity contribution is 0.486. The number of nitrogens with one attached hydrogen (secondary N) is 2. The van der Waals surface area contributed by atoms with E-state index in [9.17, 15) is 0 Å². The van der Waals surface area contributed by atoms with Gasteiger partial charge in [-0.1, -0.05) is 83.9 Å². The Hall–Kier alpha value is -4.66. The molecule has 0 unspecified atom stereocenters. The number of benzene rings is 4. The van der Waals surface area contributed by atoms with Gasteiger partial charge in [-0.2, -0.15) is 10.2 Å². The SMILES string of the molecule is CN1N=C(c2ccccc2)c2cc(Cl)ccc2N=C1NNC1=Nc2ccc(Cl)cc2C(c2ccccc2)=NN1C. The Morgan fingerprint density at radius 2 is 0.950 bits per heavy atom. The maximum Gasteiger partial charge on any atom is 0.238 e. The molecule has 40 heavy (non-hydrogen) atoms. The van der Waals surface area contributed by atoms with Crippen LogP contribution in [-0.4, -0.2) is 47.5 Å². The minimum atomic E-state index is 0.457. The Morgan fingerprint density at radius 3 is 1.35 bits per heavy atom. The van der Waals surface area contributed by atoms with Gasteiger partial charge in [0.25, 0.3) is 0 Å². The molecule has 8 nitrogen and oxygen atoms in total. The van der Waals surface area contributed by atoms with Crippen LogP contribution in [0.4, 0.5) is 11.4 Å². The Bertz CT molecular complexity index is 1570. The molecule has 0 fully saturated rings. The van der Waals surface area contributed by atoms with Crippen LogP contribution in [0.25, 0.3) is 0 Å². The molecule has 2 N–H and O–H groups in total. The number of hydrazine groups is 1. The summed E-state index contributed by atoms with van der Waals surface area (Å²) in [5.41, 5.74) is 12.9. The van der Waals surface area contributed by atoms with Crippen LogP contribution in [0.2, 0.25) is 10.0 Å². The van der Waals surface area contributed by atoms with Crippen molar-refractivity contribution in [2.75, 3.05) is 14.1 Å². The molecule has 4 aromatic rings. The van der Waals surface area contributed by atoms with Crippen molar-refractivity contribution >= 4 is 57.9 Å². The summed E-state index contributed by atoms with van der Waals surface area (Å²) >= 11 is 12.7. The molecule has 6 rings (SSSR count). The van der Waals surface area contributed by atoms with Gasteiger partial charge in [0, 0.05) is 46.4 Å². The van der Waals surface area contributed by atoms with Crippen molar-refractivity contribution in [1.82, 2.24) is 20.9 Å². The second-order valence-corrected chi connectivity index (χ2v) is 9.99. The summed E-state index contributed by atoms with van der Waals surface area (Å²) in [5, 5.41) is 14.3. The van der Waals surface area contributed by atoms with Crippen molar-refractivity contribution in [2.24, 2.45) is 20.2 Å². The number of halogens is 2. The summed E-state index contributed by atoms with van der Waals surface area (Å²) in [6.07, 6.45) is 0. The molecule has 0 amide bonds. The van der Waals surface area contributed by atoms with Gasteiger partial charge in [-0.05, 0) is 36.4 Å². The normalized spacial score (nSPS) is 14.5. The van der Waals surface area contributed by atoms with Crippen LogP contribution in [0.5, 0.6) is 0 Å². The first-order valence-electron chi connectivity index (χ1n) is 12.5. The molecule has 0 aromatic heterocycles. The number of aliphatic imine (C=N–C) groups is 2. The van der Waals surface area contributed by atoms with Crippen LogP contribution >= 0.6 is 23.2 Å². The first-order chi connectivity index (χ1) is 19.5. The zero-order chi connectivity index (χ0) is 27.6. The van der Waals surface area contributed by atoms with Crippen LogP contribution in [0.3, 0.4) is 0 Å². The van der Waals surface area contributed by atoms with Gasteiger partial charge in [0.2, 0.25) is 11.9 Å². The minimum absolute atomic E-state index is 0.457. The number of hydrazone groups is 2. The number of hydrogen-bond acceptors (Lipinski definition) is 8. The molecule has 2 aliphatic rings. The predicted molar refractivity (Wildman–Crippen MR) is 163 cm³/mol. The van der Waals surface area contributed by atoms with E-state index in [-0.39, 0.29) is 0 Å². The van der Waals surface area contributed by atoms with Gasteiger partial charge in [0.05, 0.1) is 11.4 Å². The molecule has 0 saturated heterocycles. The topological polar surface area (TPSA) is 80.0 Å². The number of fused-ring (bicyclic) bond motifs is 2. The molecule has 0 saturated carbocycles. The second kappa shape index (κ2) is 10.8. The highest BCUT2D eigenvalue weighted by molar-refractivity contribution is 6.32. The molecule has 2 heterocycles. The lowest BCUT2D eigenvalue weighted by Gasteiger charge is -2.21. The molecule has 10 heteroatoms. The standard InChI is InChI=1S/C30H24Cl2N8/c1-39-29(33-25-15-13-21(31)17-23(25)27(37-39)19-9-5-3-6-10-19)35-36-30-34-26-16-14-22(32)18-24(26)28(38-40(30)2)20-11-7-4-8-12-20/h3-18H,1-2H3,(H,33,35)(H,34,36). The summed E-state index contributed by atoms with van der Waals surface area (Å²) in [7, 11) is 3.65. The highest BCUT2D eigenvalue weighted by Crippen LogP contribution is 2.30. The zero-order valence-electron chi connectivity index (χ0n) is 21.7. The zero-order valence-corrected chi connectivity index (χ0v) is 23.2. The minimum Gasteiger partial charge on any atom is -0.266 e. The van der Waals surface area contributed by atoms with Crippen LogP contribution in [-0.2, 0) is 0 Å².